The molecule has 0 aliphatic rings. The van der Waals surface area contributed by atoms with Crippen LogP contribution < -0.4 is 0 Å². The fourth-order valence-corrected chi connectivity index (χ4v) is 1.24. The number of hydrogen-bond acceptors (Lipinski definition) is 4. The van der Waals surface area contributed by atoms with Gasteiger partial charge >= 0.3 is 0 Å². The molecule has 3 N–H and O–H groups in total. The Morgan fingerprint density at radius 2 is 2.00 bits per heavy atom. The lowest BCUT2D eigenvalue weighted by molar-refractivity contribution is -0.128. The molecule has 0 bridgehead atoms. The number of phenolic OH excluding ortho intramolecular Hbond substituents is 2. The van der Waals surface area contributed by atoms with E-state index in [-0.39, 0.29) is 24.0 Å². The summed E-state index contributed by atoms with van der Waals surface area (Å²) in [6.07, 6.45) is -0.889. The maximum absolute atomic E-state index is 11.0. The molecule has 1 atom stereocenters. The van der Waals surface area contributed by atoms with E-state index in [0.29, 0.717) is 5.56 Å². The molecular weight excluding hydrogens is 210 g/mol. The van der Waals surface area contributed by atoms with Crippen LogP contribution in [0.25, 0.3) is 0 Å². The summed E-state index contributed by atoms with van der Waals surface area (Å²) in [5, 5.41) is 28.1. The van der Waals surface area contributed by atoms with Gasteiger partial charge in [0.05, 0.1) is 12.6 Å². The molecule has 1 unspecified atom stereocenters. The predicted molar refractivity (Wildman–Crippen MR) is 58.0 cm³/mol. The molecule has 0 aliphatic heterocycles. The van der Waals surface area contributed by atoms with Crippen molar-refractivity contribution in [2.24, 2.45) is 0 Å². The average Bonchev–Trinajstić information content (AvgIpc) is 2.21. The van der Waals surface area contributed by atoms with E-state index in [2.05, 4.69) is 0 Å². The molecule has 0 saturated heterocycles. The van der Waals surface area contributed by atoms with Crippen LogP contribution in [-0.4, -0.2) is 39.7 Å². The topological polar surface area (TPSA) is 81.0 Å². The molecule has 0 heterocycles. The van der Waals surface area contributed by atoms with Crippen LogP contribution in [0.1, 0.15) is 18.6 Å². The molecule has 1 amide bonds. The maximum Gasteiger partial charge on any atom is 0.219 e. The molecule has 0 spiro atoms. The highest BCUT2D eigenvalue weighted by Gasteiger charge is 2.13. The van der Waals surface area contributed by atoms with Crippen molar-refractivity contribution in [1.29, 1.82) is 0 Å². The number of nitrogens with zero attached hydrogens (tertiary/aromatic N) is 1. The van der Waals surface area contributed by atoms with Gasteiger partial charge in [-0.3, -0.25) is 4.79 Å². The molecule has 0 aliphatic carbocycles. The molecule has 5 nitrogen and oxygen atoms in total. The van der Waals surface area contributed by atoms with E-state index >= 15 is 0 Å². The molecule has 16 heavy (non-hydrogen) atoms. The van der Waals surface area contributed by atoms with Crippen molar-refractivity contribution in [3.63, 3.8) is 0 Å². The van der Waals surface area contributed by atoms with Gasteiger partial charge in [-0.15, -0.1) is 0 Å². The standard InChI is InChI=1S/C11H15NO4/c1-7(13)12(2)6-11(16)8-3-4-9(14)10(15)5-8/h3-5,11,14-16H,6H2,1-2H3. The first kappa shape index (κ1) is 12.3. The first-order valence-corrected chi connectivity index (χ1v) is 4.83. The fraction of sp³-hybridized carbons (Fsp3) is 0.364. The number of carbonyl (C=O) groups excluding carboxylic acids is 1. The van der Waals surface area contributed by atoms with Gasteiger partial charge < -0.3 is 20.2 Å². The zero-order valence-electron chi connectivity index (χ0n) is 9.21. The van der Waals surface area contributed by atoms with Gasteiger partial charge in [0.15, 0.2) is 11.5 Å². The number of aromatic hydroxyl groups is 2. The first-order valence-electron chi connectivity index (χ1n) is 4.83. The zero-order valence-corrected chi connectivity index (χ0v) is 9.21. The van der Waals surface area contributed by atoms with E-state index in [1.165, 1.54) is 30.0 Å². The summed E-state index contributed by atoms with van der Waals surface area (Å²) in [5.41, 5.74) is 0.448. The molecule has 1 rings (SSSR count). The third-order valence-corrected chi connectivity index (χ3v) is 2.37. The number of carbonyl (C=O) groups is 1. The number of aliphatic hydroxyl groups excluding tert-OH is 1. The van der Waals surface area contributed by atoms with Gasteiger partial charge in [0.1, 0.15) is 0 Å². The molecule has 0 aromatic heterocycles. The number of likely N-dealkylation sites (N-methyl/N-ethyl adjacent to an activating group) is 1. The number of amides is 1. The Kier molecular flexibility index (Phi) is 3.73. The number of phenols is 2. The maximum atomic E-state index is 11.0. The number of aliphatic hydroxyl groups is 1. The Bertz CT molecular complexity index is 392. The Morgan fingerprint density at radius 1 is 1.38 bits per heavy atom. The van der Waals surface area contributed by atoms with E-state index < -0.39 is 6.10 Å². The summed E-state index contributed by atoms with van der Waals surface area (Å²) < 4.78 is 0. The second-order valence-electron chi connectivity index (χ2n) is 3.66. The number of hydrogen-bond donors (Lipinski definition) is 3. The second-order valence-corrected chi connectivity index (χ2v) is 3.66. The van der Waals surface area contributed by atoms with Gasteiger partial charge in [-0.25, -0.2) is 0 Å². The summed E-state index contributed by atoms with van der Waals surface area (Å²) in [5.74, 6) is -0.681. The molecule has 0 fully saturated rings. The summed E-state index contributed by atoms with van der Waals surface area (Å²) in [7, 11) is 1.58. The monoisotopic (exact) mass is 225 g/mol. The van der Waals surface area contributed by atoms with Crippen LogP contribution >= 0.6 is 0 Å². The lowest BCUT2D eigenvalue weighted by Gasteiger charge is -2.19. The molecule has 0 saturated carbocycles. The van der Waals surface area contributed by atoms with E-state index in [9.17, 15) is 15.0 Å². The lowest BCUT2D eigenvalue weighted by atomic mass is 10.1. The van der Waals surface area contributed by atoms with Crippen LogP contribution in [0, 0.1) is 0 Å². The highest BCUT2D eigenvalue weighted by atomic mass is 16.3. The molecule has 5 heteroatoms. The summed E-state index contributed by atoms with van der Waals surface area (Å²) in [4.78, 5) is 12.3. The SMILES string of the molecule is CC(=O)N(C)CC(O)c1ccc(O)c(O)c1. The van der Waals surface area contributed by atoms with Gasteiger partial charge in [-0.05, 0) is 17.7 Å². The van der Waals surface area contributed by atoms with Crippen LogP contribution in [0.3, 0.4) is 0 Å². The first-order chi connectivity index (χ1) is 7.41. The summed E-state index contributed by atoms with van der Waals surface area (Å²) >= 11 is 0. The second kappa shape index (κ2) is 4.85. The fourth-order valence-electron chi connectivity index (χ4n) is 1.24. The van der Waals surface area contributed by atoms with E-state index in [4.69, 9.17) is 5.11 Å². The molecular formula is C11H15NO4. The van der Waals surface area contributed by atoms with Crippen molar-refractivity contribution >= 4 is 5.91 Å². The highest BCUT2D eigenvalue weighted by molar-refractivity contribution is 5.72. The summed E-state index contributed by atoms with van der Waals surface area (Å²) in [6, 6.07) is 4.06. The quantitative estimate of drug-likeness (QED) is 0.658. The van der Waals surface area contributed by atoms with Crippen LogP contribution in [0.5, 0.6) is 11.5 Å². The van der Waals surface area contributed by atoms with Crippen molar-refractivity contribution in [3.8, 4) is 11.5 Å². The lowest BCUT2D eigenvalue weighted by Crippen LogP contribution is -2.28. The predicted octanol–water partition coefficient (Wildman–Crippen LogP) is 0.609. The van der Waals surface area contributed by atoms with Gasteiger partial charge in [-0.1, -0.05) is 6.07 Å². The van der Waals surface area contributed by atoms with Crippen molar-refractivity contribution in [1.82, 2.24) is 4.90 Å². The third-order valence-electron chi connectivity index (χ3n) is 2.37. The minimum atomic E-state index is -0.889. The van der Waals surface area contributed by atoms with Gasteiger partial charge in [0, 0.05) is 14.0 Å². The Hall–Kier alpha value is -1.75. The number of rotatable bonds is 3. The van der Waals surface area contributed by atoms with Crippen LogP contribution in [0.2, 0.25) is 0 Å². The Labute approximate surface area is 93.6 Å². The molecule has 88 valence electrons. The van der Waals surface area contributed by atoms with Crippen molar-refractivity contribution < 1.29 is 20.1 Å². The normalized spacial score (nSPS) is 12.2. The molecule has 0 radical (unpaired) electrons. The van der Waals surface area contributed by atoms with Crippen molar-refractivity contribution in [2.45, 2.75) is 13.0 Å². The number of benzene rings is 1. The van der Waals surface area contributed by atoms with E-state index in [1.54, 1.807) is 7.05 Å². The smallest absolute Gasteiger partial charge is 0.219 e. The van der Waals surface area contributed by atoms with Crippen molar-refractivity contribution in [2.75, 3.05) is 13.6 Å². The Balaban J connectivity index is 2.76. The largest absolute Gasteiger partial charge is 0.504 e. The summed E-state index contributed by atoms with van der Waals surface area (Å²) in [6.45, 7) is 1.54. The third kappa shape index (κ3) is 2.87. The molecule has 1 aromatic carbocycles. The van der Waals surface area contributed by atoms with E-state index in [0.717, 1.165) is 0 Å². The van der Waals surface area contributed by atoms with Crippen LogP contribution in [-0.2, 0) is 4.79 Å². The van der Waals surface area contributed by atoms with Gasteiger partial charge in [0.25, 0.3) is 0 Å². The minimum absolute atomic E-state index is 0.138. The minimum Gasteiger partial charge on any atom is -0.504 e. The van der Waals surface area contributed by atoms with Gasteiger partial charge in [0.2, 0.25) is 5.91 Å². The molecule has 1 aromatic rings. The zero-order chi connectivity index (χ0) is 12.3. The van der Waals surface area contributed by atoms with Gasteiger partial charge in [-0.2, -0.15) is 0 Å². The van der Waals surface area contributed by atoms with E-state index in [1.807, 2.05) is 0 Å². The van der Waals surface area contributed by atoms with Crippen molar-refractivity contribution in [3.05, 3.63) is 23.8 Å². The van der Waals surface area contributed by atoms with Crippen LogP contribution in [0.15, 0.2) is 18.2 Å². The highest BCUT2D eigenvalue weighted by Crippen LogP contribution is 2.27. The van der Waals surface area contributed by atoms with Crippen LogP contribution in [0.4, 0.5) is 0 Å². The average molecular weight is 225 g/mol. The Morgan fingerprint density at radius 3 is 2.50 bits per heavy atom.